The van der Waals surface area contributed by atoms with Crippen molar-refractivity contribution >= 4 is 12.6 Å². The molecule has 1 aromatic rings. The van der Waals surface area contributed by atoms with Gasteiger partial charge in [-0.3, -0.25) is 0 Å². The molecule has 8 heteroatoms. The Bertz CT molecular complexity index is 556. The number of ether oxygens (including phenoxy) is 1. The topological polar surface area (TPSA) is 47.9 Å². The zero-order valence-electron chi connectivity index (χ0n) is 13.5. The fourth-order valence-electron chi connectivity index (χ4n) is 2.18. The summed E-state index contributed by atoms with van der Waals surface area (Å²) in [6.07, 6.45) is -4.58. The van der Waals surface area contributed by atoms with Crippen LogP contribution in [0.2, 0.25) is 0 Å². The third-order valence-corrected chi connectivity index (χ3v) is 4.18. The summed E-state index contributed by atoms with van der Waals surface area (Å²) in [4.78, 5) is 0. The fourth-order valence-corrected chi connectivity index (χ4v) is 2.18. The van der Waals surface area contributed by atoms with E-state index in [1.54, 1.807) is 0 Å². The molecule has 0 radical (unpaired) electrons. The number of aliphatic hydroxyl groups is 1. The van der Waals surface area contributed by atoms with E-state index in [2.05, 4.69) is 0 Å². The highest BCUT2D eigenvalue weighted by Gasteiger charge is 2.52. The lowest BCUT2D eigenvalue weighted by Crippen LogP contribution is -2.41. The monoisotopic (exact) mass is 332 g/mol. The predicted octanol–water partition coefficient (Wildman–Crippen LogP) is 2.38. The molecule has 4 nitrogen and oxygen atoms in total. The average molecular weight is 332 g/mol. The molecular weight excluding hydrogens is 312 g/mol. The van der Waals surface area contributed by atoms with Gasteiger partial charge in [-0.1, -0.05) is 6.07 Å². The normalized spacial score (nSPS) is 19.9. The van der Waals surface area contributed by atoms with Gasteiger partial charge in [0, 0.05) is 0 Å². The Hall–Kier alpha value is -1.25. The molecule has 2 rings (SSSR count). The Balaban J connectivity index is 2.35. The summed E-state index contributed by atoms with van der Waals surface area (Å²) >= 11 is 0. The summed E-state index contributed by atoms with van der Waals surface area (Å²) in [5.41, 5.74) is -1.92. The molecule has 0 aliphatic carbocycles. The van der Waals surface area contributed by atoms with Gasteiger partial charge in [0.15, 0.2) is 0 Å². The van der Waals surface area contributed by atoms with Gasteiger partial charge in [0.2, 0.25) is 0 Å². The SMILES string of the molecule is CC1(C)OB(c2ccc(OCCO)c(C(F)(F)F)c2)OC1(C)C. The fraction of sp³-hybridized carbons (Fsp3) is 0.600. The van der Waals surface area contributed by atoms with Crippen LogP contribution in [0, 0.1) is 0 Å². The predicted molar refractivity (Wildman–Crippen MR) is 79.7 cm³/mol. The number of benzene rings is 1. The summed E-state index contributed by atoms with van der Waals surface area (Å²) in [7, 11) is -0.881. The number of halogens is 3. The largest absolute Gasteiger partial charge is 0.494 e. The van der Waals surface area contributed by atoms with Crippen LogP contribution in [0.5, 0.6) is 5.75 Å². The van der Waals surface area contributed by atoms with Crippen LogP contribution >= 0.6 is 0 Å². The van der Waals surface area contributed by atoms with E-state index in [1.165, 1.54) is 12.1 Å². The van der Waals surface area contributed by atoms with Gasteiger partial charge in [-0.25, -0.2) is 0 Å². The molecule has 1 N–H and O–H groups in total. The van der Waals surface area contributed by atoms with Crippen molar-refractivity contribution in [3.8, 4) is 5.75 Å². The lowest BCUT2D eigenvalue weighted by atomic mass is 9.78. The summed E-state index contributed by atoms with van der Waals surface area (Å²) < 4.78 is 56.2. The number of hydrogen-bond acceptors (Lipinski definition) is 4. The number of aliphatic hydroxyl groups excluding tert-OH is 1. The Morgan fingerprint density at radius 2 is 1.70 bits per heavy atom. The van der Waals surface area contributed by atoms with E-state index >= 15 is 0 Å². The van der Waals surface area contributed by atoms with E-state index < -0.39 is 30.1 Å². The summed E-state index contributed by atoms with van der Waals surface area (Å²) in [5, 5.41) is 8.72. The molecule has 0 amide bonds. The quantitative estimate of drug-likeness (QED) is 0.860. The molecule has 0 aromatic heterocycles. The molecule has 1 fully saturated rings. The first-order valence-electron chi connectivity index (χ1n) is 7.28. The first kappa shape index (κ1) is 18.1. The van der Waals surface area contributed by atoms with Crippen LogP contribution in [0.4, 0.5) is 13.2 Å². The van der Waals surface area contributed by atoms with Gasteiger partial charge >= 0.3 is 13.3 Å². The van der Waals surface area contributed by atoms with Crippen LogP contribution in [0.3, 0.4) is 0 Å². The van der Waals surface area contributed by atoms with E-state index in [-0.39, 0.29) is 24.4 Å². The Kier molecular flexibility index (Phi) is 4.72. The second kappa shape index (κ2) is 6.00. The summed E-state index contributed by atoms with van der Waals surface area (Å²) in [5.74, 6) is -0.327. The van der Waals surface area contributed by atoms with Gasteiger partial charge in [0.1, 0.15) is 12.4 Å². The maximum atomic E-state index is 13.2. The molecule has 0 saturated carbocycles. The number of rotatable bonds is 4. The van der Waals surface area contributed by atoms with Crippen molar-refractivity contribution < 1.29 is 32.3 Å². The number of alkyl halides is 3. The molecule has 0 unspecified atom stereocenters. The van der Waals surface area contributed by atoms with Crippen molar-refractivity contribution in [1.29, 1.82) is 0 Å². The van der Waals surface area contributed by atoms with E-state index in [4.69, 9.17) is 19.2 Å². The van der Waals surface area contributed by atoms with E-state index in [0.717, 1.165) is 6.07 Å². The van der Waals surface area contributed by atoms with E-state index in [9.17, 15) is 13.2 Å². The molecule has 1 saturated heterocycles. The second-order valence-corrected chi connectivity index (χ2v) is 6.41. The minimum absolute atomic E-state index is 0.209. The van der Waals surface area contributed by atoms with Gasteiger partial charge in [-0.05, 0) is 45.3 Å². The molecule has 1 aromatic carbocycles. The van der Waals surface area contributed by atoms with Crippen LogP contribution in [-0.4, -0.2) is 36.6 Å². The van der Waals surface area contributed by atoms with Crippen molar-refractivity contribution in [2.45, 2.75) is 45.1 Å². The molecule has 128 valence electrons. The molecular formula is C15H20BF3O4. The van der Waals surface area contributed by atoms with Crippen molar-refractivity contribution in [3.63, 3.8) is 0 Å². The highest BCUT2D eigenvalue weighted by atomic mass is 19.4. The van der Waals surface area contributed by atoms with E-state index in [1.807, 2.05) is 27.7 Å². The molecule has 1 aliphatic heterocycles. The summed E-state index contributed by atoms with van der Waals surface area (Å²) in [6, 6.07) is 3.66. The maximum absolute atomic E-state index is 13.2. The molecule has 0 bridgehead atoms. The smallest absolute Gasteiger partial charge is 0.491 e. The zero-order valence-corrected chi connectivity index (χ0v) is 13.5. The van der Waals surface area contributed by atoms with Crippen molar-refractivity contribution in [2.24, 2.45) is 0 Å². The first-order chi connectivity index (χ1) is 10.5. The Morgan fingerprint density at radius 3 is 2.17 bits per heavy atom. The lowest BCUT2D eigenvalue weighted by molar-refractivity contribution is -0.139. The van der Waals surface area contributed by atoms with Gasteiger partial charge in [0.25, 0.3) is 0 Å². The minimum atomic E-state index is -4.58. The lowest BCUT2D eigenvalue weighted by Gasteiger charge is -2.32. The zero-order chi connectivity index (χ0) is 17.5. The molecule has 23 heavy (non-hydrogen) atoms. The van der Waals surface area contributed by atoms with Crippen LogP contribution in [0.25, 0.3) is 0 Å². The van der Waals surface area contributed by atoms with Crippen molar-refractivity contribution in [3.05, 3.63) is 23.8 Å². The van der Waals surface area contributed by atoms with Gasteiger partial charge in [-0.2, -0.15) is 13.2 Å². The maximum Gasteiger partial charge on any atom is 0.494 e. The highest BCUT2D eigenvalue weighted by molar-refractivity contribution is 6.62. The molecule has 1 heterocycles. The molecule has 0 spiro atoms. The van der Waals surface area contributed by atoms with Crippen LogP contribution in [-0.2, 0) is 15.5 Å². The Labute approximate surface area is 133 Å². The third kappa shape index (κ3) is 3.64. The standard InChI is InChI=1S/C15H20BF3O4/c1-13(2)14(3,4)23-16(22-13)10-5-6-12(21-8-7-20)11(9-10)15(17,18)19/h5-6,9,20H,7-8H2,1-4H3. The van der Waals surface area contributed by atoms with Crippen LogP contribution in [0.15, 0.2) is 18.2 Å². The molecule has 1 aliphatic rings. The Morgan fingerprint density at radius 1 is 1.13 bits per heavy atom. The van der Waals surface area contributed by atoms with E-state index in [0.29, 0.717) is 0 Å². The van der Waals surface area contributed by atoms with Crippen LogP contribution in [0.1, 0.15) is 33.3 Å². The van der Waals surface area contributed by atoms with Gasteiger partial charge < -0.3 is 19.2 Å². The molecule has 0 atom stereocenters. The van der Waals surface area contributed by atoms with Crippen molar-refractivity contribution in [1.82, 2.24) is 0 Å². The van der Waals surface area contributed by atoms with Crippen molar-refractivity contribution in [2.75, 3.05) is 13.2 Å². The average Bonchev–Trinajstić information content (AvgIpc) is 2.64. The number of hydrogen-bond donors (Lipinski definition) is 1. The first-order valence-corrected chi connectivity index (χ1v) is 7.28. The summed E-state index contributed by atoms with van der Waals surface area (Å²) in [6.45, 7) is 6.74. The van der Waals surface area contributed by atoms with Crippen LogP contribution < -0.4 is 10.2 Å². The third-order valence-electron chi connectivity index (χ3n) is 4.18. The highest BCUT2D eigenvalue weighted by Crippen LogP contribution is 2.38. The second-order valence-electron chi connectivity index (χ2n) is 6.41. The van der Waals surface area contributed by atoms with Gasteiger partial charge in [-0.15, -0.1) is 0 Å². The minimum Gasteiger partial charge on any atom is -0.491 e. The van der Waals surface area contributed by atoms with Gasteiger partial charge in [0.05, 0.1) is 23.4 Å².